The van der Waals surface area contributed by atoms with Crippen LogP contribution in [-0.4, -0.2) is 50.3 Å². The lowest BCUT2D eigenvalue weighted by atomic mass is 10.0. The number of fused-ring (bicyclic) bond motifs is 1. The van der Waals surface area contributed by atoms with Crippen molar-refractivity contribution in [2.24, 2.45) is 0 Å². The molecule has 0 aliphatic rings. The van der Waals surface area contributed by atoms with Crippen LogP contribution in [0.3, 0.4) is 0 Å². The van der Waals surface area contributed by atoms with E-state index in [9.17, 15) is 24.6 Å². The normalized spacial score (nSPS) is 11.7. The van der Waals surface area contributed by atoms with Gasteiger partial charge in [-0.05, 0) is 42.9 Å². The zero-order valence-corrected chi connectivity index (χ0v) is 22.8. The quantitative estimate of drug-likeness (QED) is 0.140. The zero-order chi connectivity index (χ0) is 29.0. The van der Waals surface area contributed by atoms with Crippen LogP contribution in [0.15, 0.2) is 72.9 Å². The highest BCUT2D eigenvalue weighted by Gasteiger charge is 2.22. The van der Waals surface area contributed by atoms with Crippen molar-refractivity contribution in [3.05, 3.63) is 84.1 Å². The fourth-order valence-electron chi connectivity index (χ4n) is 4.64. The summed E-state index contributed by atoms with van der Waals surface area (Å²) in [5, 5.41) is 26.0. The molecule has 0 saturated heterocycles. The molecule has 1 atom stereocenters. The molecule has 216 valence electrons. The Morgan fingerprint density at radius 3 is 2.37 bits per heavy atom. The lowest BCUT2D eigenvalue weighted by Crippen LogP contribution is -2.48. The minimum absolute atomic E-state index is 0.0905. The van der Waals surface area contributed by atoms with Gasteiger partial charge in [0.1, 0.15) is 6.04 Å². The van der Waals surface area contributed by atoms with E-state index in [0.717, 1.165) is 22.9 Å². The Kier molecular flexibility index (Phi) is 10.4. The molecule has 2 heterocycles. The number of nitrogens with one attached hydrogen (secondary N) is 3. The van der Waals surface area contributed by atoms with E-state index in [-0.39, 0.29) is 30.0 Å². The van der Waals surface area contributed by atoms with E-state index in [2.05, 4.69) is 15.6 Å². The van der Waals surface area contributed by atoms with Gasteiger partial charge in [0.2, 0.25) is 23.6 Å². The molecule has 0 radical (unpaired) electrons. The van der Waals surface area contributed by atoms with Gasteiger partial charge in [0.25, 0.3) is 0 Å². The second kappa shape index (κ2) is 14.6. The molecule has 10 heteroatoms. The molecule has 10 nitrogen and oxygen atoms in total. The second-order valence-electron chi connectivity index (χ2n) is 9.93. The molecule has 4 rings (SSSR count). The lowest BCUT2D eigenvalue weighted by Gasteiger charge is -2.18. The molecule has 41 heavy (non-hydrogen) atoms. The van der Waals surface area contributed by atoms with Crippen LogP contribution in [0.4, 0.5) is 0 Å². The number of benzene rings is 2. The molecule has 0 spiro atoms. The summed E-state index contributed by atoms with van der Waals surface area (Å²) in [7, 11) is 0. The molecular formula is C31H36N4O6. The Bertz CT molecular complexity index is 1430. The van der Waals surface area contributed by atoms with Gasteiger partial charge in [-0.3, -0.25) is 9.59 Å². The van der Waals surface area contributed by atoms with Crippen LogP contribution in [0.25, 0.3) is 10.9 Å². The number of aromatic nitrogens is 2. The fraction of sp³-hybridized carbons (Fsp3) is 0.323. The van der Waals surface area contributed by atoms with Crippen molar-refractivity contribution < 1.29 is 29.4 Å². The Labute approximate surface area is 238 Å². The zero-order valence-electron chi connectivity index (χ0n) is 22.8. The number of para-hydroxylation sites is 1. The number of rotatable bonds is 15. The van der Waals surface area contributed by atoms with E-state index in [4.69, 9.17) is 4.84 Å². The standard InChI is InChI=1S/C31H36N4O6/c36-27(15-9-12-22-10-3-1-4-11-22)34-26(20-23-21-33-25-14-7-6-13-24(23)25)31(40)32-19-8-2-5-16-30(39)41-35-28(37)17-18-29(35)38/h1,3-4,6-7,10-11,13-14,17-18,21,26,33,37-38H,2,5,8-9,12,15-16,19-20H2,(H,32,40)(H,34,36)/t26-/m0/s1. The maximum absolute atomic E-state index is 13.2. The SMILES string of the molecule is O=C(CCCc1ccccc1)N[C@@H](Cc1c[nH]c2ccccc12)C(=O)NCCCCCC(=O)On1c(O)ccc1O. The van der Waals surface area contributed by atoms with Crippen molar-refractivity contribution in [2.45, 2.75) is 57.4 Å². The summed E-state index contributed by atoms with van der Waals surface area (Å²) in [6, 6.07) is 19.5. The molecule has 0 fully saturated rings. The first kappa shape index (κ1) is 29.3. The molecule has 0 aliphatic heterocycles. The minimum Gasteiger partial charge on any atom is -0.492 e. The van der Waals surface area contributed by atoms with Crippen molar-refractivity contribution in [3.63, 3.8) is 0 Å². The van der Waals surface area contributed by atoms with Crippen LogP contribution < -0.4 is 15.5 Å². The van der Waals surface area contributed by atoms with Gasteiger partial charge in [0.15, 0.2) is 0 Å². The van der Waals surface area contributed by atoms with Crippen LogP contribution in [0.2, 0.25) is 0 Å². The fourth-order valence-corrected chi connectivity index (χ4v) is 4.64. The van der Waals surface area contributed by atoms with Crippen LogP contribution in [-0.2, 0) is 27.2 Å². The molecule has 4 aromatic rings. The maximum atomic E-state index is 13.2. The van der Waals surface area contributed by atoms with Gasteiger partial charge in [-0.15, -0.1) is 4.73 Å². The monoisotopic (exact) mass is 560 g/mol. The maximum Gasteiger partial charge on any atom is 0.333 e. The number of nitrogens with zero attached hydrogens (tertiary/aromatic N) is 1. The summed E-state index contributed by atoms with van der Waals surface area (Å²) in [6.07, 6.45) is 5.90. The summed E-state index contributed by atoms with van der Waals surface area (Å²) in [5.74, 6) is -1.76. The predicted octanol–water partition coefficient (Wildman–Crippen LogP) is 3.76. The average Bonchev–Trinajstić information content (AvgIpc) is 3.53. The number of hydrogen-bond acceptors (Lipinski definition) is 6. The summed E-state index contributed by atoms with van der Waals surface area (Å²) in [6.45, 7) is 0.390. The first-order valence-electron chi connectivity index (χ1n) is 13.9. The van der Waals surface area contributed by atoms with Gasteiger partial charge < -0.3 is 30.7 Å². The first-order valence-corrected chi connectivity index (χ1v) is 13.9. The van der Waals surface area contributed by atoms with E-state index in [0.29, 0.717) is 49.8 Å². The highest BCUT2D eigenvalue weighted by atomic mass is 16.7. The van der Waals surface area contributed by atoms with Crippen molar-refractivity contribution in [3.8, 4) is 11.8 Å². The van der Waals surface area contributed by atoms with Crippen molar-refractivity contribution in [1.29, 1.82) is 0 Å². The van der Waals surface area contributed by atoms with Gasteiger partial charge in [-0.25, -0.2) is 4.79 Å². The van der Waals surface area contributed by atoms with E-state index < -0.39 is 12.0 Å². The van der Waals surface area contributed by atoms with E-state index in [1.165, 1.54) is 17.7 Å². The number of aromatic amines is 1. The van der Waals surface area contributed by atoms with Gasteiger partial charge >= 0.3 is 5.97 Å². The highest BCUT2D eigenvalue weighted by molar-refractivity contribution is 5.89. The summed E-state index contributed by atoms with van der Waals surface area (Å²) in [4.78, 5) is 46.1. The number of amides is 2. The molecule has 0 saturated carbocycles. The van der Waals surface area contributed by atoms with E-state index in [1.807, 2.05) is 60.8 Å². The molecule has 0 bridgehead atoms. The van der Waals surface area contributed by atoms with Crippen molar-refractivity contribution >= 4 is 28.7 Å². The number of aromatic hydroxyl groups is 2. The topological polar surface area (TPSA) is 146 Å². The second-order valence-corrected chi connectivity index (χ2v) is 9.93. The third-order valence-corrected chi connectivity index (χ3v) is 6.81. The summed E-state index contributed by atoms with van der Waals surface area (Å²) < 4.78 is 0.659. The molecular weight excluding hydrogens is 524 g/mol. The molecule has 0 unspecified atom stereocenters. The minimum atomic E-state index is -0.727. The Morgan fingerprint density at radius 2 is 1.59 bits per heavy atom. The summed E-state index contributed by atoms with van der Waals surface area (Å²) >= 11 is 0. The third kappa shape index (κ3) is 8.63. The number of H-pyrrole nitrogens is 1. The van der Waals surface area contributed by atoms with Crippen LogP contribution in [0.5, 0.6) is 11.8 Å². The van der Waals surface area contributed by atoms with Crippen LogP contribution in [0, 0.1) is 0 Å². The Balaban J connectivity index is 1.24. The largest absolute Gasteiger partial charge is 0.492 e. The van der Waals surface area contributed by atoms with E-state index >= 15 is 0 Å². The number of carbonyl (C=O) groups is 3. The van der Waals surface area contributed by atoms with Crippen molar-refractivity contribution in [1.82, 2.24) is 20.3 Å². The van der Waals surface area contributed by atoms with Gasteiger partial charge in [0, 0.05) is 55.0 Å². The highest BCUT2D eigenvalue weighted by Crippen LogP contribution is 2.20. The van der Waals surface area contributed by atoms with Crippen LogP contribution >= 0.6 is 0 Å². The molecule has 2 aromatic carbocycles. The van der Waals surface area contributed by atoms with Gasteiger partial charge in [-0.1, -0.05) is 55.0 Å². The molecule has 0 aliphatic carbocycles. The predicted molar refractivity (Wildman–Crippen MR) is 154 cm³/mol. The lowest BCUT2D eigenvalue weighted by molar-refractivity contribution is -0.145. The number of aryl methyl sites for hydroxylation is 1. The molecule has 2 aromatic heterocycles. The number of carbonyl (C=O) groups excluding carboxylic acids is 3. The average molecular weight is 561 g/mol. The molecule has 2 amide bonds. The van der Waals surface area contributed by atoms with Crippen molar-refractivity contribution in [2.75, 3.05) is 6.54 Å². The smallest absolute Gasteiger partial charge is 0.333 e. The van der Waals surface area contributed by atoms with E-state index in [1.54, 1.807) is 0 Å². The Morgan fingerprint density at radius 1 is 0.854 bits per heavy atom. The Hall–Kier alpha value is -4.73. The van der Waals surface area contributed by atoms with Crippen LogP contribution in [0.1, 0.15) is 49.7 Å². The third-order valence-electron chi connectivity index (χ3n) is 6.81. The number of hydrogen-bond donors (Lipinski definition) is 5. The first-order chi connectivity index (χ1) is 19.9. The van der Waals surface area contributed by atoms with Gasteiger partial charge in [-0.2, -0.15) is 0 Å². The number of unbranched alkanes of at least 4 members (excludes halogenated alkanes) is 2. The molecule has 5 N–H and O–H groups in total. The van der Waals surface area contributed by atoms with Gasteiger partial charge in [0.05, 0.1) is 0 Å². The summed E-state index contributed by atoms with van der Waals surface area (Å²) in [5.41, 5.74) is 3.09.